The molecule has 20 heavy (non-hydrogen) atoms. The summed E-state index contributed by atoms with van der Waals surface area (Å²) < 4.78 is 26.3. The Morgan fingerprint density at radius 1 is 1.35 bits per heavy atom. The Balaban J connectivity index is 2.25. The van der Waals surface area contributed by atoms with E-state index in [2.05, 4.69) is 0 Å². The van der Waals surface area contributed by atoms with E-state index in [1.807, 2.05) is 6.92 Å². The van der Waals surface area contributed by atoms with Crippen LogP contribution in [-0.2, 0) is 10.0 Å². The van der Waals surface area contributed by atoms with Gasteiger partial charge in [0.25, 0.3) is 5.69 Å². The molecule has 0 unspecified atom stereocenters. The van der Waals surface area contributed by atoms with Gasteiger partial charge in [0.1, 0.15) is 0 Å². The third kappa shape index (κ3) is 2.67. The highest BCUT2D eigenvalue weighted by atomic mass is 32.2. The predicted octanol–water partition coefficient (Wildman–Crippen LogP) is 0.810. The lowest BCUT2D eigenvalue weighted by Gasteiger charge is -2.16. The lowest BCUT2D eigenvalue weighted by Crippen LogP contribution is -2.30. The predicted molar refractivity (Wildman–Crippen MR) is 73.6 cm³/mol. The van der Waals surface area contributed by atoms with E-state index in [9.17, 15) is 18.5 Å². The Bertz CT molecular complexity index is 600. The van der Waals surface area contributed by atoms with Crippen molar-refractivity contribution >= 4 is 15.7 Å². The molecule has 0 radical (unpaired) electrons. The molecular formula is C12H17N3O4S. The molecule has 1 heterocycles. The molecule has 0 bridgehead atoms. The highest BCUT2D eigenvalue weighted by Gasteiger charge is 2.36. The number of benzene rings is 1. The van der Waals surface area contributed by atoms with Gasteiger partial charge < -0.3 is 5.73 Å². The molecule has 1 fully saturated rings. The molecule has 1 aliphatic rings. The van der Waals surface area contributed by atoms with Crippen LogP contribution in [-0.4, -0.2) is 37.3 Å². The summed E-state index contributed by atoms with van der Waals surface area (Å²) in [4.78, 5) is 10.1. The molecule has 8 heteroatoms. The van der Waals surface area contributed by atoms with Crippen molar-refractivity contribution in [2.45, 2.75) is 11.8 Å². The normalized spacial score (nSPS) is 23.9. The van der Waals surface area contributed by atoms with Gasteiger partial charge in [0, 0.05) is 25.2 Å². The number of nitro benzene ring substituents is 1. The summed E-state index contributed by atoms with van der Waals surface area (Å²) >= 11 is 0. The quantitative estimate of drug-likeness (QED) is 0.654. The molecule has 2 atom stereocenters. The number of hydrogen-bond donors (Lipinski definition) is 1. The van der Waals surface area contributed by atoms with Crippen molar-refractivity contribution in [3.05, 3.63) is 34.4 Å². The molecule has 0 saturated carbocycles. The van der Waals surface area contributed by atoms with Crippen LogP contribution in [0.25, 0.3) is 0 Å². The van der Waals surface area contributed by atoms with Crippen LogP contribution < -0.4 is 5.73 Å². The topological polar surface area (TPSA) is 107 Å². The zero-order valence-corrected chi connectivity index (χ0v) is 11.9. The second kappa shape index (κ2) is 5.47. The number of rotatable bonds is 4. The Morgan fingerprint density at radius 2 is 1.95 bits per heavy atom. The molecule has 110 valence electrons. The number of nitro groups is 1. The molecule has 1 saturated heterocycles. The van der Waals surface area contributed by atoms with E-state index in [4.69, 9.17) is 5.73 Å². The summed E-state index contributed by atoms with van der Waals surface area (Å²) in [6.07, 6.45) is 0. The molecule has 0 amide bonds. The molecule has 7 nitrogen and oxygen atoms in total. The molecule has 0 spiro atoms. The van der Waals surface area contributed by atoms with Crippen LogP contribution in [0.1, 0.15) is 6.92 Å². The molecule has 1 aromatic rings. The van der Waals surface area contributed by atoms with E-state index in [1.165, 1.54) is 28.6 Å². The van der Waals surface area contributed by atoms with E-state index in [0.717, 1.165) is 0 Å². The summed E-state index contributed by atoms with van der Waals surface area (Å²) in [5.74, 6) is 0.371. The van der Waals surface area contributed by atoms with Gasteiger partial charge in [-0.05, 0) is 30.5 Å². The van der Waals surface area contributed by atoms with Crippen LogP contribution in [0.5, 0.6) is 0 Å². The molecular weight excluding hydrogens is 282 g/mol. The van der Waals surface area contributed by atoms with Crippen LogP contribution in [0.2, 0.25) is 0 Å². The number of nitrogens with two attached hydrogens (primary N) is 1. The maximum Gasteiger partial charge on any atom is 0.269 e. The van der Waals surface area contributed by atoms with Crippen LogP contribution >= 0.6 is 0 Å². The SMILES string of the molecule is C[C@@H]1CN(S(=O)(=O)c2ccc([N+](=O)[O-])cc2)C[C@H]1CN. The highest BCUT2D eigenvalue weighted by Crippen LogP contribution is 2.28. The van der Waals surface area contributed by atoms with Gasteiger partial charge >= 0.3 is 0 Å². The first-order valence-corrected chi connectivity index (χ1v) is 7.75. The second-order valence-corrected chi connectivity index (χ2v) is 6.98. The summed E-state index contributed by atoms with van der Waals surface area (Å²) in [5.41, 5.74) is 5.50. The maximum absolute atomic E-state index is 12.4. The fraction of sp³-hybridized carbons (Fsp3) is 0.500. The van der Waals surface area contributed by atoms with Crippen molar-refractivity contribution in [3.8, 4) is 0 Å². The van der Waals surface area contributed by atoms with Crippen molar-refractivity contribution < 1.29 is 13.3 Å². The first-order valence-electron chi connectivity index (χ1n) is 6.31. The molecule has 2 rings (SSSR count). The number of hydrogen-bond acceptors (Lipinski definition) is 5. The minimum atomic E-state index is -3.60. The average Bonchev–Trinajstić information content (AvgIpc) is 2.80. The van der Waals surface area contributed by atoms with Gasteiger partial charge in [-0.3, -0.25) is 10.1 Å². The minimum absolute atomic E-state index is 0.0768. The lowest BCUT2D eigenvalue weighted by atomic mass is 9.99. The van der Waals surface area contributed by atoms with Gasteiger partial charge in [-0.15, -0.1) is 0 Å². The Kier molecular flexibility index (Phi) is 4.07. The second-order valence-electron chi connectivity index (χ2n) is 5.05. The van der Waals surface area contributed by atoms with Crippen molar-refractivity contribution in [3.63, 3.8) is 0 Å². The van der Waals surface area contributed by atoms with Crippen LogP contribution in [0.3, 0.4) is 0 Å². The fourth-order valence-corrected chi connectivity index (χ4v) is 3.98. The van der Waals surface area contributed by atoms with Gasteiger partial charge in [-0.1, -0.05) is 6.92 Å². The van der Waals surface area contributed by atoms with Gasteiger partial charge in [0.15, 0.2) is 0 Å². The summed E-state index contributed by atoms with van der Waals surface area (Å²) in [6, 6.07) is 4.95. The standard InChI is InChI=1S/C12H17N3O4S/c1-9-7-14(8-10(9)6-13)20(18,19)12-4-2-11(3-5-12)15(16)17/h2-5,9-10H,6-8,13H2,1H3/t9-,10-/m1/s1. The van der Waals surface area contributed by atoms with Gasteiger partial charge in [0.05, 0.1) is 9.82 Å². The third-order valence-electron chi connectivity index (χ3n) is 3.72. The number of non-ortho nitro benzene ring substituents is 1. The first-order chi connectivity index (χ1) is 9.36. The van der Waals surface area contributed by atoms with E-state index in [1.54, 1.807) is 0 Å². The lowest BCUT2D eigenvalue weighted by molar-refractivity contribution is -0.384. The van der Waals surface area contributed by atoms with E-state index < -0.39 is 14.9 Å². The molecule has 1 aromatic carbocycles. The zero-order chi connectivity index (χ0) is 14.9. The summed E-state index contributed by atoms with van der Waals surface area (Å²) in [7, 11) is -3.60. The van der Waals surface area contributed by atoms with Gasteiger partial charge in [0.2, 0.25) is 10.0 Å². The molecule has 2 N–H and O–H groups in total. The monoisotopic (exact) mass is 299 g/mol. The van der Waals surface area contributed by atoms with Gasteiger partial charge in [-0.25, -0.2) is 8.42 Å². The minimum Gasteiger partial charge on any atom is -0.330 e. The van der Waals surface area contributed by atoms with E-state index >= 15 is 0 Å². The molecule has 0 aliphatic carbocycles. The zero-order valence-electron chi connectivity index (χ0n) is 11.1. The van der Waals surface area contributed by atoms with Crippen molar-refractivity contribution in [1.29, 1.82) is 0 Å². The maximum atomic E-state index is 12.4. The van der Waals surface area contributed by atoms with Crippen LogP contribution in [0.15, 0.2) is 29.2 Å². The molecule has 1 aliphatic heterocycles. The smallest absolute Gasteiger partial charge is 0.269 e. The van der Waals surface area contributed by atoms with Crippen molar-refractivity contribution in [1.82, 2.24) is 4.31 Å². The average molecular weight is 299 g/mol. The fourth-order valence-electron chi connectivity index (χ4n) is 2.38. The molecule has 0 aromatic heterocycles. The van der Waals surface area contributed by atoms with E-state index in [-0.39, 0.29) is 22.4 Å². The summed E-state index contributed by atoms with van der Waals surface area (Å²) in [6.45, 7) is 3.26. The Labute approximate surface area is 117 Å². The van der Waals surface area contributed by atoms with Crippen LogP contribution in [0.4, 0.5) is 5.69 Å². The van der Waals surface area contributed by atoms with Crippen molar-refractivity contribution in [2.24, 2.45) is 17.6 Å². The Morgan fingerprint density at radius 3 is 2.40 bits per heavy atom. The number of sulfonamides is 1. The largest absolute Gasteiger partial charge is 0.330 e. The third-order valence-corrected chi connectivity index (χ3v) is 5.57. The van der Waals surface area contributed by atoms with Crippen LogP contribution in [0, 0.1) is 22.0 Å². The summed E-state index contributed by atoms with van der Waals surface area (Å²) in [5, 5.41) is 10.6. The Hall–Kier alpha value is -1.51. The number of nitrogens with zero attached hydrogens (tertiary/aromatic N) is 2. The van der Waals surface area contributed by atoms with E-state index in [0.29, 0.717) is 19.6 Å². The van der Waals surface area contributed by atoms with Gasteiger partial charge in [-0.2, -0.15) is 4.31 Å². The first kappa shape index (κ1) is 14.9. The van der Waals surface area contributed by atoms with Crippen molar-refractivity contribution in [2.75, 3.05) is 19.6 Å². The highest BCUT2D eigenvalue weighted by molar-refractivity contribution is 7.89.